The molecule has 2 aromatic heterocycles. The maximum atomic E-state index is 5.97. The van der Waals surface area contributed by atoms with Gasteiger partial charge in [-0.1, -0.05) is 39.0 Å². The number of benzene rings is 1. The Morgan fingerprint density at radius 2 is 2.04 bits per heavy atom. The predicted octanol–water partition coefficient (Wildman–Crippen LogP) is 4.45. The van der Waals surface area contributed by atoms with E-state index < -0.39 is 0 Å². The summed E-state index contributed by atoms with van der Waals surface area (Å²) in [5, 5.41) is 9.22. The Morgan fingerprint density at radius 3 is 2.79 bits per heavy atom. The van der Waals surface area contributed by atoms with Crippen LogP contribution in [0.15, 0.2) is 40.9 Å². The summed E-state index contributed by atoms with van der Waals surface area (Å²) in [7, 11) is 1.95. The van der Waals surface area contributed by atoms with Gasteiger partial charge in [-0.3, -0.25) is 4.68 Å². The van der Waals surface area contributed by atoms with Crippen molar-refractivity contribution in [3.8, 4) is 11.5 Å². The van der Waals surface area contributed by atoms with Gasteiger partial charge in [-0.15, -0.1) is 0 Å². The molecule has 0 saturated carbocycles. The largest absolute Gasteiger partial charge is 0.454 e. The molecule has 24 heavy (non-hydrogen) atoms. The molecule has 0 amide bonds. The molecule has 0 bridgehead atoms. The van der Waals surface area contributed by atoms with Crippen LogP contribution >= 0.6 is 11.8 Å². The zero-order chi connectivity index (χ0) is 17.2. The Hall–Kier alpha value is -1.72. The van der Waals surface area contributed by atoms with Crippen molar-refractivity contribution >= 4 is 22.7 Å². The number of hydrogen-bond donors (Lipinski definition) is 1. The number of fused-ring (bicyclic) bond motifs is 1. The standard InChI is InChI=1S/C19H25N3OS/c1-19(2,3)24-10-9-20-12-15-13-22(4)21-18(15)17-11-14-7-5-6-8-16(14)23-17/h5-8,11,13,20H,9-10,12H2,1-4H3. The van der Waals surface area contributed by atoms with E-state index in [2.05, 4.69) is 49.5 Å². The van der Waals surface area contributed by atoms with Crippen LogP contribution in [0.3, 0.4) is 0 Å². The molecule has 128 valence electrons. The lowest BCUT2D eigenvalue weighted by Gasteiger charge is -2.17. The number of aromatic nitrogens is 2. The lowest BCUT2D eigenvalue weighted by Crippen LogP contribution is -2.19. The third-order valence-electron chi connectivity index (χ3n) is 3.69. The van der Waals surface area contributed by atoms with Gasteiger partial charge in [0.25, 0.3) is 0 Å². The van der Waals surface area contributed by atoms with Crippen molar-refractivity contribution < 1.29 is 4.42 Å². The number of rotatable bonds is 6. The molecule has 2 heterocycles. The number of aryl methyl sites for hydroxylation is 1. The van der Waals surface area contributed by atoms with E-state index in [-0.39, 0.29) is 0 Å². The average Bonchev–Trinajstić information content (AvgIpc) is 3.08. The zero-order valence-electron chi connectivity index (χ0n) is 14.8. The number of para-hydroxylation sites is 1. The van der Waals surface area contributed by atoms with Gasteiger partial charge in [-0.2, -0.15) is 16.9 Å². The molecule has 0 radical (unpaired) electrons. The van der Waals surface area contributed by atoms with Crippen LogP contribution in [0.5, 0.6) is 0 Å². The maximum absolute atomic E-state index is 5.97. The number of nitrogens with zero attached hydrogens (tertiary/aromatic N) is 2. The number of hydrogen-bond acceptors (Lipinski definition) is 4. The lowest BCUT2D eigenvalue weighted by molar-refractivity contribution is 0.623. The topological polar surface area (TPSA) is 43.0 Å². The lowest BCUT2D eigenvalue weighted by atomic mass is 10.2. The molecular weight excluding hydrogens is 318 g/mol. The van der Waals surface area contributed by atoms with Gasteiger partial charge in [0.1, 0.15) is 11.3 Å². The van der Waals surface area contributed by atoms with Crippen LogP contribution in [0, 0.1) is 0 Å². The van der Waals surface area contributed by atoms with E-state index in [4.69, 9.17) is 4.42 Å². The fraction of sp³-hybridized carbons (Fsp3) is 0.421. The number of furan rings is 1. The molecule has 0 unspecified atom stereocenters. The van der Waals surface area contributed by atoms with Crippen molar-refractivity contribution in [3.63, 3.8) is 0 Å². The summed E-state index contributed by atoms with van der Waals surface area (Å²) >= 11 is 1.98. The number of nitrogens with one attached hydrogen (secondary N) is 1. The van der Waals surface area contributed by atoms with Gasteiger partial charge in [0.15, 0.2) is 5.76 Å². The summed E-state index contributed by atoms with van der Waals surface area (Å²) in [5.74, 6) is 1.93. The highest BCUT2D eigenvalue weighted by Gasteiger charge is 2.15. The van der Waals surface area contributed by atoms with E-state index in [1.165, 1.54) is 0 Å². The smallest absolute Gasteiger partial charge is 0.156 e. The van der Waals surface area contributed by atoms with E-state index in [0.717, 1.165) is 46.8 Å². The Bertz CT molecular complexity index is 780. The fourth-order valence-corrected chi connectivity index (χ4v) is 3.48. The molecule has 0 aliphatic rings. The van der Waals surface area contributed by atoms with Crippen LogP contribution < -0.4 is 5.32 Å². The quantitative estimate of drug-likeness (QED) is 0.671. The molecule has 0 aliphatic carbocycles. The third-order valence-corrected chi connectivity index (χ3v) is 4.97. The molecule has 3 rings (SSSR count). The van der Waals surface area contributed by atoms with E-state index in [1.54, 1.807) is 0 Å². The van der Waals surface area contributed by atoms with Crippen LogP contribution in [-0.4, -0.2) is 26.8 Å². The first-order chi connectivity index (χ1) is 11.4. The Labute approximate surface area is 147 Å². The summed E-state index contributed by atoms with van der Waals surface area (Å²) in [6, 6.07) is 10.1. The highest BCUT2D eigenvalue weighted by atomic mass is 32.2. The first-order valence-corrected chi connectivity index (χ1v) is 9.27. The SMILES string of the molecule is Cn1cc(CNCCSC(C)(C)C)c(-c2cc3ccccc3o2)n1. The minimum Gasteiger partial charge on any atom is -0.454 e. The van der Waals surface area contributed by atoms with Crippen molar-refractivity contribution in [1.29, 1.82) is 0 Å². The summed E-state index contributed by atoms with van der Waals surface area (Å²) in [4.78, 5) is 0. The molecule has 3 aromatic rings. The summed E-state index contributed by atoms with van der Waals surface area (Å²) in [5.41, 5.74) is 2.99. The predicted molar refractivity (Wildman–Crippen MR) is 102 cm³/mol. The normalized spacial score (nSPS) is 12.2. The van der Waals surface area contributed by atoms with Gasteiger partial charge in [0.2, 0.25) is 0 Å². The molecule has 0 aliphatic heterocycles. The summed E-state index contributed by atoms with van der Waals surface area (Å²) in [6.45, 7) is 8.52. The van der Waals surface area contributed by atoms with Crippen molar-refractivity contribution in [2.45, 2.75) is 32.1 Å². The highest BCUT2D eigenvalue weighted by Crippen LogP contribution is 2.29. The zero-order valence-corrected chi connectivity index (χ0v) is 15.6. The van der Waals surface area contributed by atoms with Crippen LogP contribution in [0.4, 0.5) is 0 Å². The average molecular weight is 343 g/mol. The van der Waals surface area contributed by atoms with E-state index in [1.807, 2.05) is 41.7 Å². The van der Waals surface area contributed by atoms with Crippen LogP contribution in [0.25, 0.3) is 22.4 Å². The molecular formula is C19H25N3OS. The molecule has 0 atom stereocenters. The summed E-state index contributed by atoms with van der Waals surface area (Å²) in [6.07, 6.45) is 2.06. The van der Waals surface area contributed by atoms with E-state index in [0.29, 0.717) is 4.75 Å². The molecule has 0 saturated heterocycles. The Kier molecular flexibility index (Phi) is 5.01. The van der Waals surface area contributed by atoms with E-state index in [9.17, 15) is 0 Å². The monoisotopic (exact) mass is 343 g/mol. The molecule has 0 spiro atoms. The van der Waals surface area contributed by atoms with Gasteiger partial charge in [-0.25, -0.2) is 0 Å². The van der Waals surface area contributed by atoms with E-state index >= 15 is 0 Å². The van der Waals surface area contributed by atoms with Crippen molar-refractivity contribution in [1.82, 2.24) is 15.1 Å². The Morgan fingerprint density at radius 1 is 1.25 bits per heavy atom. The van der Waals surface area contributed by atoms with Crippen LogP contribution in [-0.2, 0) is 13.6 Å². The minimum absolute atomic E-state index is 0.315. The van der Waals surface area contributed by atoms with Crippen LogP contribution in [0.2, 0.25) is 0 Å². The minimum atomic E-state index is 0.315. The second-order valence-corrected chi connectivity index (χ2v) is 8.88. The van der Waals surface area contributed by atoms with Gasteiger partial charge in [0, 0.05) is 47.8 Å². The molecule has 4 nitrogen and oxygen atoms in total. The van der Waals surface area contributed by atoms with Crippen molar-refractivity contribution in [3.05, 3.63) is 42.1 Å². The third kappa shape index (κ3) is 4.22. The van der Waals surface area contributed by atoms with Crippen molar-refractivity contribution in [2.24, 2.45) is 7.05 Å². The van der Waals surface area contributed by atoms with Gasteiger partial charge in [0.05, 0.1) is 0 Å². The first-order valence-electron chi connectivity index (χ1n) is 8.28. The Balaban J connectivity index is 1.69. The molecule has 1 aromatic carbocycles. The van der Waals surface area contributed by atoms with Crippen molar-refractivity contribution in [2.75, 3.05) is 12.3 Å². The molecule has 0 fully saturated rings. The second-order valence-electron chi connectivity index (χ2n) is 6.96. The molecule has 1 N–H and O–H groups in total. The van der Waals surface area contributed by atoms with Crippen LogP contribution in [0.1, 0.15) is 26.3 Å². The summed E-state index contributed by atoms with van der Waals surface area (Å²) < 4.78 is 8.14. The highest BCUT2D eigenvalue weighted by molar-refractivity contribution is 8.00. The second kappa shape index (κ2) is 7.03. The van der Waals surface area contributed by atoms with Gasteiger partial charge in [-0.05, 0) is 12.1 Å². The molecule has 5 heteroatoms. The number of thioether (sulfide) groups is 1. The van der Waals surface area contributed by atoms with Gasteiger partial charge < -0.3 is 9.73 Å². The first kappa shape index (κ1) is 17.1. The maximum Gasteiger partial charge on any atom is 0.156 e. The van der Waals surface area contributed by atoms with Gasteiger partial charge >= 0.3 is 0 Å². The fourth-order valence-electron chi connectivity index (χ4n) is 2.63.